The van der Waals surface area contributed by atoms with E-state index in [1.165, 1.54) is 107 Å². The third-order valence-corrected chi connectivity index (χ3v) is 19.6. The average Bonchev–Trinajstić information content (AvgIpc) is 3.18. The van der Waals surface area contributed by atoms with E-state index in [2.05, 4.69) is 311 Å². The van der Waals surface area contributed by atoms with Gasteiger partial charge in [-0.1, -0.05) is 229 Å². The van der Waals surface area contributed by atoms with Gasteiger partial charge in [-0.15, -0.1) is 22.7 Å². The molecule has 10 aromatic carbocycles. The number of hydrogen-bond acceptors (Lipinski definition) is 4. The summed E-state index contributed by atoms with van der Waals surface area (Å²) in [4.78, 5) is 5.13. The molecular formula is C77H72N2S2. The van der Waals surface area contributed by atoms with Gasteiger partial charge in [-0.3, -0.25) is 0 Å². The Morgan fingerprint density at radius 2 is 0.580 bits per heavy atom. The zero-order valence-electron chi connectivity index (χ0n) is 49.0. The molecule has 0 saturated heterocycles. The molecule has 0 amide bonds. The van der Waals surface area contributed by atoms with E-state index >= 15 is 0 Å². The topological polar surface area (TPSA) is 6.48 Å². The standard InChI is InChI=1S/C77H72N2S2/c1-73(2,3)49-31-39-55(40-32-49)78(56-41-33-50(34-42-56)74(4,5)6)63-47-61-69(71-67(63)59-27-19-21-29-65(59)80-71)70-62(77(61,53-23-15-13-16-24-53)54-25-17-14-18-26-54)48-64(68-60-28-20-22-30-66(60)81-72(68)70)79(57-43-35-51(36-44-57)75(7,8)9)58-45-37-52(38-46-58)76(10,11)12/h13-48H,1-12H3. The van der Waals surface area contributed by atoms with Crippen molar-refractivity contribution in [2.45, 2.75) is 110 Å². The first-order valence-corrected chi connectivity index (χ1v) is 30.5. The summed E-state index contributed by atoms with van der Waals surface area (Å²) in [7, 11) is 0. The zero-order valence-corrected chi connectivity index (χ0v) is 50.6. The van der Waals surface area contributed by atoms with Gasteiger partial charge in [-0.05, 0) is 139 Å². The van der Waals surface area contributed by atoms with Crippen LogP contribution in [0.1, 0.15) is 128 Å². The van der Waals surface area contributed by atoms with Crippen LogP contribution < -0.4 is 9.80 Å². The quantitative estimate of drug-likeness (QED) is 0.150. The molecule has 2 heterocycles. The third-order valence-electron chi connectivity index (χ3n) is 17.2. The van der Waals surface area contributed by atoms with Crippen molar-refractivity contribution in [3.63, 3.8) is 0 Å². The molecule has 0 bridgehead atoms. The second kappa shape index (κ2) is 19.2. The molecule has 0 spiro atoms. The Bertz CT molecular complexity index is 3930. The summed E-state index contributed by atoms with van der Waals surface area (Å²) in [6.07, 6.45) is 0. The second-order valence-corrected chi connectivity index (χ2v) is 28.7. The number of thiophene rings is 2. The summed E-state index contributed by atoms with van der Waals surface area (Å²) in [6, 6.07) is 84.0. The van der Waals surface area contributed by atoms with Gasteiger partial charge in [0.1, 0.15) is 0 Å². The Labute approximate surface area is 488 Å². The molecule has 0 aliphatic heterocycles. The van der Waals surface area contributed by atoms with Crippen molar-refractivity contribution >= 4 is 97.1 Å². The summed E-state index contributed by atoms with van der Waals surface area (Å²) in [6.45, 7) is 27.7. The van der Waals surface area contributed by atoms with Crippen molar-refractivity contribution in [1.82, 2.24) is 0 Å². The average molecular weight is 1090 g/mol. The predicted octanol–water partition coefficient (Wildman–Crippen LogP) is 22.9. The molecule has 81 heavy (non-hydrogen) atoms. The number of benzene rings is 10. The van der Waals surface area contributed by atoms with Crippen molar-refractivity contribution in [3.8, 4) is 11.1 Å². The number of rotatable bonds is 8. The van der Waals surface area contributed by atoms with Gasteiger partial charge >= 0.3 is 0 Å². The highest BCUT2D eigenvalue weighted by molar-refractivity contribution is 7.27. The summed E-state index contributed by atoms with van der Waals surface area (Å²) >= 11 is 3.90. The summed E-state index contributed by atoms with van der Waals surface area (Å²) < 4.78 is 5.17. The lowest BCUT2D eigenvalue weighted by Crippen LogP contribution is -2.29. The van der Waals surface area contributed by atoms with E-state index in [4.69, 9.17) is 0 Å². The number of nitrogens with zero attached hydrogens (tertiary/aromatic N) is 2. The molecule has 402 valence electrons. The number of anilines is 6. The Kier molecular flexibility index (Phi) is 12.5. The molecule has 2 nitrogen and oxygen atoms in total. The molecule has 4 heteroatoms. The number of fused-ring (bicyclic) bond motifs is 11. The van der Waals surface area contributed by atoms with Crippen LogP contribution in [0.5, 0.6) is 0 Å². The van der Waals surface area contributed by atoms with E-state index in [1.807, 2.05) is 22.7 Å². The molecule has 0 atom stereocenters. The molecular weight excluding hydrogens is 1020 g/mol. The number of hydrogen-bond donors (Lipinski definition) is 0. The van der Waals surface area contributed by atoms with Crippen LogP contribution in [-0.4, -0.2) is 0 Å². The molecule has 0 saturated carbocycles. The lowest BCUT2D eigenvalue weighted by molar-refractivity contribution is 0.590. The van der Waals surface area contributed by atoms with E-state index in [-0.39, 0.29) is 21.7 Å². The van der Waals surface area contributed by atoms with Crippen LogP contribution in [0.4, 0.5) is 34.1 Å². The highest BCUT2D eigenvalue weighted by Crippen LogP contribution is 2.65. The van der Waals surface area contributed by atoms with Gasteiger partial charge in [0.25, 0.3) is 0 Å². The monoisotopic (exact) mass is 1090 g/mol. The summed E-state index contributed by atoms with van der Waals surface area (Å²) in [5.74, 6) is 0. The van der Waals surface area contributed by atoms with Crippen molar-refractivity contribution in [2.75, 3.05) is 9.80 Å². The van der Waals surface area contributed by atoms with Crippen molar-refractivity contribution in [1.29, 1.82) is 0 Å². The molecule has 0 unspecified atom stereocenters. The molecule has 12 aromatic rings. The minimum absolute atomic E-state index is 0.00300. The highest BCUT2D eigenvalue weighted by Gasteiger charge is 2.50. The normalized spacial score (nSPS) is 13.5. The second-order valence-electron chi connectivity index (χ2n) is 26.6. The van der Waals surface area contributed by atoms with Gasteiger partial charge in [-0.2, -0.15) is 0 Å². The lowest BCUT2D eigenvalue weighted by Gasteiger charge is -2.36. The maximum atomic E-state index is 2.62. The summed E-state index contributed by atoms with van der Waals surface area (Å²) in [5.41, 5.74) is 19.0. The third kappa shape index (κ3) is 8.71. The van der Waals surface area contributed by atoms with Crippen LogP contribution in [0.25, 0.3) is 51.5 Å². The van der Waals surface area contributed by atoms with Crippen LogP contribution in [0.3, 0.4) is 0 Å². The first-order chi connectivity index (χ1) is 38.7. The maximum Gasteiger partial charge on any atom is 0.0716 e. The lowest BCUT2D eigenvalue weighted by atomic mass is 9.67. The van der Waals surface area contributed by atoms with Gasteiger partial charge in [-0.25, -0.2) is 0 Å². The maximum absolute atomic E-state index is 2.62. The van der Waals surface area contributed by atoms with E-state index in [0.717, 1.165) is 22.7 Å². The Morgan fingerprint density at radius 3 is 0.864 bits per heavy atom. The molecule has 1 aliphatic rings. The minimum atomic E-state index is -0.763. The summed E-state index contributed by atoms with van der Waals surface area (Å²) in [5, 5.41) is 5.08. The van der Waals surface area contributed by atoms with Gasteiger partial charge in [0.05, 0.1) is 16.8 Å². The molecule has 0 N–H and O–H groups in total. The highest BCUT2D eigenvalue weighted by atomic mass is 32.1. The van der Waals surface area contributed by atoms with Gasteiger partial charge < -0.3 is 9.80 Å². The van der Waals surface area contributed by atoms with Crippen molar-refractivity contribution in [2.24, 2.45) is 0 Å². The molecule has 1 aliphatic carbocycles. The Morgan fingerprint density at radius 1 is 0.309 bits per heavy atom. The van der Waals surface area contributed by atoms with Gasteiger partial charge in [0.15, 0.2) is 0 Å². The first-order valence-electron chi connectivity index (χ1n) is 28.8. The van der Waals surface area contributed by atoms with Gasteiger partial charge in [0, 0.05) is 74.2 Å². The molecule has 0 radical (unpaired) electrons. The Balaban J connectivity index is 1.21. The van der Waals surface area contributed by atoms with E-state index in [0.29, 0.717) is 0 Å². The minimum Gasteiger partial charge on any atom is -0.310 e. The molecule has 2 aromatic heterocycles. The molecule has 0 fully saturated rings. The smallest absolute Gasteiger partial charge is 0.0716 e. The van der Waals surface area contributed by atoms with Crippen LogP contribution in [0.15, 0.2) is 218 Å². The largest absolute Gasteiger partial charge is 0.310 e. The first kappa shape index (κ1) is 52.6. The van der Waals surface area contributed by atoms with Gasteiger partial charge in [0.2, 0.25) is 0 Å². The SMILES string of the molecule is CC(C)(C)c1ccc(N(c2ccc(C(C)(C)C)cc2)c2cc3c(c4sc5ccccc5c24)-c2c(cc(N(c4ccc(C(C)(C)C)cc4)c4ccc(C(C)(C)C)cc4)c4c2sc2ccccc24)C3(c2ccccc2)c2ccccc2)cc1. The fraction of sp³-hybridized carbons (Fsp3) is 0.221. The van der Waals surface area contributed by atoms with Crippen LogP contribution in [-0.2, 0) is 27.1 Å². The predicted molar refractivity (Wildman–Crippen MR) is 354 cm³/mol. The van der Waals surface area contributed by atoms with E-state index < -0.39 is 5.41 Å². The van der Waals surface area contributed by atoms with E-state index in [1.54, 1.807) is 0 Å². The van der Waals surface area contributed by atoms with Crippen molar-refractivity contribution < 1.29 is 0 Å². The Hall–Kier alpha value is -7.76. The van der Waals surface area contributed by atoms with E-state index in [9.17, 15) is 0 Å². The van der Waals surface area contributed by atoms with Crippen LogP contribution in [0, 0.1) is 0 Å². The fourth-order valence-corrected chi connectivity index (χ4v) is 15.4. The van der Waals surface area contributed by atoms with Crippen LogP contribution in [0.2, 0.25) is 0 Å². The zero-order chi connectivity index (χ0) is 56.4. The van der Waals surface area contributed by atoms with Crippen LogP contribution >= 0.6 is 22.7 Å². The molecule has 13 rings (SSSR count). The van der Waals surface area contributed by atoms with Crippen molar-refractivity contribution in [3.05, 3.63) is 263 Å². The fourth-order valence-electron chi connectivity index (χ4n) is 12.8.